The first kappa shape index (κ1) is 10.0. The first-order valence-corrected chi connectivity index (χ1v) is 3.06. The molecule has 0 unspecified atom stereocenters. The summed E-state index contributed by atoms with van der Waals surface area (Å²) >= 11 is 0. The molecular formula is C6H9LiO3. The smallest absolute Gasteiger partial charge is 0.550 e. The van der Waals surface area contributed by atoms with Gasteiger partial charge in [-0.05, 0) is 25.2 Å². The fourth-order valence-electron chi connectivity index (χ4n) is 1.10. The van der Waals surface area contributed by atoms with Gasteiger partial charge >= 0.3 is 18.9 Å². The molecule has 1 aliphatic carbocycles. The van der Waals surface area contributed by atoms with Crippen LogP contribution in [0.1, 0.15) is 19.3 Å². The maximum absolute atomic E-state index is 9.92. The second-order valence-corrected chi connectivity index (χ2v) is 2.57. The van der Waals surface area contributed by atoms with Crippen LogP contribution < -0.4 is 24.0 Å². The van der Waals surface area contributed by atoms with Gasteiger partial charge in [-0.25, -0.2) is 0 Å². The number of carbonyl (C=O) groups excluding carboxylic acids is 1. The monoisotopic (exact) mass is 136 g/mol. The van der Waals surface area contributed by atoms with Crippen molar-refractivity contribution in [3.63, 3.8) is 0 Å². The van der Waals surface area contributed by atoms with Crippen molar-refractivity contribution in [1.29, 1.82) is 0 Å². The summed E-state index contributed by atoms with van der Waals surface area (Å²) in [5.74, 6) is -0.836. The maximum atomic E-state index is 9.92. The molecule has 0 radical (unpaired) electrons. The van der Waals surface area contributed by atoms with Crippen molar-refractivity contribution in [3.8, 4) is 0 Å². The number of rotatable bonds is 2. The molecule has 0 aromatic rings. The van der Waals surface area contributed by atoms with E-state index in [1.165, 1.54) is 0 Å². The van der Waals surface area contributed by atoms with Crippen molar-refractivity contribution in [2.24, 2.45) is 5.92 Å². The average Bonchev–Trinajstić information content (AvgIpc) is 1.60. The van der Waals surface area contributed by atoms with Gasteiger partial charge in [0, 0.05) is 5.97 Å². The van der Waals surface area contributed by atoms with E-state index in [0.717, 1.165) is 0 Å². The van der Waals surface area contributed by atoms with Gasteiger partial charge in [0.05, 0.1) is 6.10 Å². The van der Waals surface area contributed by atoms with Gasteiger partial charge in [0.25, 0.3) is 0 Å². The van der Waals surface area contributed by atoms with Crippen molar-refractivity contribution >= 4 is 5.97 Å². The summed E-state index contributed by atoms with van der Waals surface area (Å²) in [6.07, 6.45) is 1.12. The Morgan fingerprint density at radius 3 is 2.40 bits per heavy atom. The van der Waals surface area contributed by atoms with Crippen molar-refractivity contribution < 1.29 is 33.9 Å². The minimum Gasteiger partial charge on any atom is -0.550 e. The van der Waals surface area contributed by atoms with E-state index in [4.69, 9.17) is 5.11 Å². The Morgan fingerprint density at radius 1 is 1.60 bits per heavy atom. The average molecular weight is 136 g/mol. The summed E-state index contributed by atoms with van der Waals surface area (Å²) in [5.41, 5.74) is 0. The number of hydrogen-bond acceptors (Lipinski definition) is 3. The van der Waals surface area contributed by atoms with E-state index >= 15 is 0 Å². The number of carboxylic acid groups (broad SMARTS) is 1. The van der Waals surface area contributed by atoms with Gasteiger partial charge in [-0.15, -0.1) is 0 Å². The topological polar surface area (TPSA) is 60.4 Å². The summed E-state index contributed by atoms with van der Waals surface area (Å²) in [4.78, 5) is 9.92. The van der Waals surface area contributed by atoms with Crippen LogP contribution in [0.25, 0.3) is 0 Å². The predicted octanol–water partition coefficient (Wildman–Crippen LogP) is -4.10. The Kier molecular flexibility index (Phi) is 4.03. The van der Waals surface area contributed by atoms with Crippen LogP contribution in [0.2, 0.25) is 0 Å². The molecule has 0 atom stereocenters. The quantitative estimate of drug-likeness (QED) is 0.392. The summed E-state index contributed by atoms with van der Waals surface area (Å²) in [5, 5.41) is 18.6. The summed E-state index contributed by atoms with van der Waals surface area (Å²) in [6.45, 7) is 0. The molecule has 1 N–H and O–H groups in total. The van der Waals surface area contributed by atoms with Crippen LogP contribution in [0.15, 0.2) is 0 Å². The van der Waals surface area contributed by atoms with Crippen LogP contribution in [0.5, 0.6) is 0 Å². The molecule has 1 rings (SSSR count). The number of hydrogen-bond donors (Lipinski definition) is 1. The fraction of sp³-hybridized carbons (Fsp3) is 0.833. The number of aliphatic hydroxyl groups is 1. The third kappa shape index (κ3) is 2.74. The second-order valence-electron chi connectivity index (χ2n) is 2.57. The number of carboxylic acids is 1. The largest absolute Gasteiger partial charge is 1.00 e. The summed E-state index contributed by atoms with van der Waals surface area (Å²) in [6, 6.07) is 0. The Hall–Kier alpha value is 0.0274. The number of aliphatic hydroxyl groups excluding tert-OH is 1. The SMILES string of the molecule is O=C([O-])CC1CC(O)C1.[Li+]. The number of carbonyl (C=O) groups is 1. The molecule has 0 aliphatic heterocycles. The van der Waals surface area contributed by atoms with Crippen molar-refractivity contribution in [3.05, 3.63) is 0 Å². The maximum Gasteiger partial charge on any atom is 1.00 e. The van der Waals surface area contributed by atoms with E-state index in [2.05, 4.69) is 0 Å². The first-order chi connectivity index (χ1) is 4.18. The molecule has 1 aliphatic rings. The fourth-order valence-corrected chi connectivity index (χ4v) is 1.10. The molecule has 1 fully saturated rings. The third-order valence-corrected chi connectivity index (χ3v) is 1.67. The first-order valence-electron chi connectivity index (χ1n) is 3.06. The van der Waals surface area contributed by atoms with Gasteiger partial charge in [-0.2, -0.15) is 0 Å². The van der Waals surface area contributed by atoms with E-state index in [1.54, 1.807) is 0 Å². The van der Waals surface area contributed by atoms with Gasteiger partial charge in [-0.3, -0.25) is 0 Å². The van der Waals surface area contributed by atoms with Crippen LogP contribution in [0, 0.1) is 5.92 Å². The zero-order valence-electron chi connectivity index (χ0n) is 6.04. The number of aliphatic carboxylic acids is 1. The van der Waals surface area contributed by atoms with E-state index in [-0.39, 0.29) is 37.3 Å². The van der Waals surface area contributed by atoms with Crippen molar-refractivity contribution in [2.75, 3.05) is 0 Å². The van der Waals surface area contributed by atoms with Gasteiger partial charge in [0.1, 0.15) is 0 Å². The normalized spacial score (nSPS) is 30.1. The van der Waals surface area contributed by atoms with Gasteiger partial charge in [0.2, 0.25) is 0 Å². The molecule has 0 amide bonds. The molecule has 0 spiro atoms. The van der Waals surface area contributed by atoms with E-state index in [0.29, 0.717) is 12.8 Å². The zero-order chi connectivity index (χ0) is 6.85. The van der Waals surface area contributed by atoms with Crippen molar-refractivity contribution in [2.45, 2.75) is 25.4 Å². The van der Waals surface area contributed by atoms with Gasteiger partial charge in [-0.1, -0.05) is 0 Å². The molecule has 1 saturated carbocycles. The van der Waals surface area contributed by atoms with E-state index in [1.807, 2.05) is 0 Å². The molecule has 52 valence electrons. The molecule has 3 nitrogen and oxygen atoms in total. The Balaban J connectivity index is 0.000000810. The van der Waals surface area contributed by atoms with Crippen LogP contribution in [-0.4, -0.2) is 17.2 Å². The Labute approximate surface area is 71.6 Å². The minimum atomic E-state index is -1.01. The molecule has 0 heterocycles. The Bertz CT molecular complexity index is 120. The molecule has 0 saturated heterocycles. The second kappa shape index (κ2) is 4.02. The molecule has 0 aromatic heterocycles. The van der Waals surface area contributed by atoms with Crippen LogP contribution in [-0.2, 0) is 4.79 Å². The molecular weight excluding hydrogens is 127 g/mol. The zero-order valence-corrected chi connectivity index (χ0v) is 6.04. The summed E-state index contributed by atoms with van der Waals surface area (Å²) < 4.78 is 0. The van der Waals surface area contributed by atoms with Crippen molar-refractivity contribution in [1.82, 2.24) is 0 Å². The standard InChI is InChI=1S/C6H10O3.Li/c7-5-1-4(2-5)3-6(8)9;/h4-5,7H,1-3H2,(H,8,9);/q;+1/p-1. The molecule has 0 aromatic carbocycles. The molecule has 0 bridgehead atoms. The third-order valence-electron chi connectivity index (χ3n) is 1.67. The minimum absolute atomic E-state index is 0. The van der Waals surface area contributed by atoms with Crippen LogP contribution in [0.4, 0.5) is 0 Å². The summed E-state index contributed by atoms with van der Waals surface area (Å²) in [7, 11) is 0. The predicted molar refractivity (Wildman–Crippen MR) is 28.4 cm³/mol. The molecule has 10 heavy (non-hydrogen) atoms. The van der Waals surface area contributed by atoms with Crippen LogP contribution in [0.3, 0.4) is 0 Å². The Morgan fingerprint density at radius 2 is 2.10 bits per heavy atom. The van der Waals surface area contributed by atoms with Gasteiger partial charge < -0.3 is 15.0 Å². The van der Waals surface area contributed by atoms with E-state index < -0.39 is 5.97 Å². The van der Waals surface area contributed by atoms with E-state index in [9.17, 15) is 9.90 Å². The van der Waals surface area contributed by atoms with Crippen LogP contribution >= 0.6 is 0 Å². The van der Waals surface area contributed by atoms with Gasteiger partial charge in [0.15, 0.2) is 0 Å². The molecule has 4 heteroatoms.